The van der Waals surface area contributed by atoms with Crippen molar-refractivity contribution in [1.29, 1.82) is 0 Å². The summed E-state index contributed by atoms with van der Waals surface area (Å²) >= 11 is 0. The molecule has 0 spiro atoms. The van der Waals surface area contributed by atoms with Crippen LogP contribution >= 0.6 is 10.7 Å². The molecule has 0 bridgehead atoms. The highest BCUT2D eigenvalue weighted by atomic mass is 32.2. The molecule has 0 saturated carbocycles. The van der Waals surface area contributed by atoms with Crippen molar-refractivity contribution in [3.8, 4) is 0 Å². The van der Waals surface area contributed by atoms with Gasteiger partial charge in [0.1, 0.15) is 0 Å². The second-order valence-electron chi connectivity index (χ2n) is 2.61. The Balaban J connectivity index is 2.06. The van der Waals surface area contributed by atoms with Gasteiger partial charge < -0.3 is 4.98 Å². The SMILES string of the molecule is CN1N=CC=S1Cc1ccc[nH]1. The van der Waals surface area contributed by atoms with Gasteiger partial charge in [-0.3, -0.25) is 0 Å². The molecular weight excluding hydrogens is 170 g/mol. The fourth-order valence-electron chi connectivity index (χ4n) is 1.10. The molecule has 0 amide bonds. The van der Waals surface area contributed by atoms with Crippen LogP contribution in [-0.2, 0) is 5.75 Å². The third kappa shape index (κ3) is 1.43. The summed E-state index contributed by atoms with van der Waals surface area (Å²) in [5.41, 5.74) is 1.27. The molecule has 1 N–H and O–H groups in total. The first kappa shape index (κ1) is 7.61. The van der Waals surface area contributed by atoms with E-state index < -0.39 is 0 Å². The number of nitrogens with zero attached hydrogens (tertiary/aromatic N) is 2. The second kappa shape index (κ2) is 3.15. The Morgan fingerprint density at radius 3 is 3.17 bits per heavy atom. The van der Waals surface area contributed by atoms with Crippen LogP contribution in [0.1, 0.15) is 5.69 Å². The highest BCUT2D eigenvalue weighted by Gasteiger charge is 2.05. The highest BCUT2D eigenvalue weighted by Crippen LogP contribution is 2.24. The standard InChI is InChI=1S/C8H11N3S/c1-11-10-5-6-12(11)7-8-3-2-4-9-8/h2-6,9H,7H2,1H3. The lowest BCUT2D eigenvalue weighted by Crippen LogP contribution is -2.00. The fraction of sp³-hybridized carbons (Fsp3) is 0.250. The molecule has 1 aromatic rings. The molecule has 2 rings (SSSR count). The van der Waals surface area contributed by atoms with E-state index in [0.29, 0.717) is 0 Å². The average Bonchev–Trinajstić information content (AvgIpc) is 2.65. The van der Waals surface area contributed by atoms with E-state index in [1.165, 1.54) is 5.69 Å². The molecule has 1 atom stereocenters. The predicted octanol–water partition coefficient (Wildman–Crippen LogP) is 1.43. The number of nitrogens with one attached hydrogen (secondary N) is 1. The Hall–Kier alpha value is -1.03. The minimum absolute atomic E-state index is 0.153. The minimum atomic E-state index is 0.153. The van der Waals surface area contributed by atoms with Gasteiger partial charge in [-0.15, -0.1) is 0 Å². The fourth-order valence-corrected chi connectivity index (χ4v) is 2.43. The lowest BCUT2D eigenvalue weighted by atomic mass is 10.5. The number of hydrogen-bond donors (Lipinski definition) is 1. The molecule has 1 aromatic heterocycles. The van der Waals surface area contributed by atoms with Gasteiger partial charge in [0.05, 0.1) is 6.21 Å². The smallest absolute Gasteiger partial charge is 0.0552 e. The van der Waals surface area contributed by atoms with Crippen LogP contribution in [0.15, 0.2) is 23.4 Å². The Morgan fingerprint density at radius 2 is 2.58 bits per heavy atom. The molecule has 2 heterocycles. The Bertz CT molecular complexity index is 313. The van der Waals surface area contributed by atoms with Crippen LogP contribution in [0.5, 0.6) is 0 Å². The Kier molecular flexibility index (Phi) is 1.99. The maximum absolute atomic E-state index is 4.15. The number of hydrogen-bond acceptors (Lipinski definition) is 2. The summed E-state index contributed by atoms with van der Waals surface area (Å²) in [7, 11) is 2.16. The van der Waals surface area contributed by atoms with Gasteiger partial charge in [-0.05, 0) is 12.1 Å². The van der Waals surface area contributed by atoms with Crippen LogP contribution < -0.4 is 0 Å². The number of aromatic nitrogens is 1. The molecule has 12 heavy (non-hydrogen) atoms. The Labute approximate surface area is 74.2 Å². The number of rotatable bonds is 2. The van der Waals surface area contributed by atoms with Gasteiger partial charge in [-0.2, -0.15) is 5.10 Å². The van der Waals surface area contributed by atoms with E-state index in [1.807, 2.05) is 29.9 Å². The first-order valence-electron chi connectivity index (χ1n) is 3.79. The van der Waals surface area contributed by atoms with E-state index in [4.69, 9.17) is 0 Å². The topological polar surface area (TPSA) is 31.4 Å². The summed E-state index contributed by atoms with van der Waals surface area (Å²) in [5.74, 6) is 1.03. The van der Waals surface area contributed by atoms with E-state index in [-0.39, 0.29) is 10.7 Å². The lowest BCUT2D eigenvalue weighted by Gasteiger charge is -2.12. The quantitative estimate of drug-likeness (QED) is 0.688. The lowest BCUT2D eigenvalue weighted by molar-refractivity contribution is 0.621. The molecule has 0 aliphatic carbocycles. The van der Waals surface area contributed by atoms with Crippen LogP contribution in [0.2, 0.25) is 0 Å². The normalized spacial score (nSPS) is 21.4. The first-order valence-corrected chi connectivity index (χ1v) is 5.21. The van der Waals surface area contributed by atoms with E-state index in [0.717, 1.165) is 5.75 Å². The maximum Gasteiger partial charge on any atom is 0.0552 e. The Morgan fingerprint density at radius 1 is 1.67 bits per heavy atom. The van der Waals surface area contributed by atoms with Crippen LogP contribution in [0.3, 0.4) is 0 Å². The summed E-state index contributed by atoms with van der Waals surface area (Å²) in [4.78, 5) is 3.19. The molecule has 1 aliphatic rings. The molecule has 1 unspecified atom stereocenters. The number of H-pyrrole nitrogens is 1. The third-order valence-corrected chi connectivity index (χ3v) is 3.57. The number of hydrazone groups is 1. The monoisotopic (exact) mass is 181 g/mol. The van der Waals surface area contributed by atoms with Crippen molar-refractivity contribution in [2.75, 3.05) is 7.05 Å². The zero-order chi connectivity index (χ0) is 8.39. The first-order chi connectivity index (χ1) is 5.86. The average molecular weight is 181 g/mol. The molecule has 64 valence electrons. The molecule has 0 saturated heterocycles. The summed E-state index contributed by atoms with van der Waals surface area (Å²) < 4.78 is 2.00. The maximum atomic E-state index is 4.15. The van der Waals surface area contributed by atoms with Gasteiger partial charge in [-0.25, -0.2) is 4.41 Å². The summed E-state index contributed by atoms with van der Waals surface area (Å²) in [6.07, 6.45) is 3.82. The largest absolute Gasteiger partial charge is 0.364 e. The van der Waals surface area contributed by atoms with Gasteiger partial charge in [0.2, 0.25) is 0 Å². The van der Waals surface area contributed by atoms with E-state index in [9.17, 15) is 0 Å². The zero-order valence-electron chi connectivity index (χ0n) is 6.90. The van der Waals surface area contributed by atoms with Gasteiger partial charge >= 0.3 is 0 Å². The number of aromatic amines is 1. The molecule has 0 fully saturated rings. The van der Waals surface area contributed by atoms with Crippen molar-refractivity contribution in [2.45, 2.75) is 5.75 Å². The van der Waals surface area contributed by atoms with Crippen molar-refractivity contribution in [3.63, 3.8) is 0 Å². The van der Waals surface area contributed by atoms with E-state index in [1.54, 1.807) is 0 Å². The van der Waals surface area contributed by atoms with Crippen molar-refractivity contribution in [2.24, 2.45) is 5.10 Å². The van der Waals surface area contributed by atoms with Gasteiger partial charge in [0.25, 0.3) is 0 Å². The molecular formula is C8H11N3S. The second-order valence-corrected chi connectivity index (χ2v) is 4.50. The van der Waals surface area contributed by atoms with Gasteiger partial charge in [0, 0.05) is 30.1 Å². The predicted molar refractivity (Wildman–Crippen MR) is 54.4 cm³/mol. The van der Waals surface area contributed by atoms with E-state index >= 15 is 0 Å². The van der Waals surface area contributed by atoms with Crippen molar-refractivity contribution in [3.05, 3.63) is 24.0 Å². The van der Waals surface area contributed by atoms with Crippen molar-refractivity contribution in [1.82, 2.24) is 9.40 Å². The molecule has 0 radical (unpaired) electrons. The molecule has 3 nitrogen and oxygen atoms in total. The molecule has 0 aromatic carbocycles. The highest BCUT2D eigenvalue weighted by molar-refractivity contribution is 8.13. The van der Waals surface area contributed by atoms with Crippen LogP contribution in [0.4, 0.5) is 0 Å². The van der Waals surface area contributed by atoms with E-state index in [2.05, 4.69) is 21.5 Å². The van der Waals surface area contributed by atoms with Crippen LogP contribution in [0, 0.1) is 0 Å². The molecule has 4 heteroatoms. The van der Waals surface area contributed by atoms with Gasteiger partial charge in [0.15, 0.2) is 0 Å². The van der Waals surface area contributed by atoms with Crippen molar-refractivity contribution >= 4 is 22.3 Å². The zero-order valence-corrected chi connectivity index (χ0v) is 7.71. The third-order valence-electron chi connectivity index (χ3n) is 1.75. The van der Waals surface area contributed by atoms with Crippen molar-refractivity contribution < 1.29 is 0 Å². The van der Waals surface area contributed by atoms with Crippen LogP contribution in [0.25, 0.3) is 0 Å². The minimum Gasteiger partial charge on any atom is -0.364 e. The summed E-state index contributed by atoms with van der Waals surface area (Å²) in [6.45, 7) is 0. The van der Waals surface area contributed by atoms with Crippen LogP contribution in [-0.4, -0.2) is 28.0 Å². The summed E-state index contributed by atoms with van der Waals surface area (Å²) in [5, 5.41) is 6.29. The molecule has 1 aliphatic heterocycles. The summed E-state index contributed by atoms with van der Waals surface area (Å²) in [6, 6.07) is 4.13. The van der Waals surface area contributed by atoms with Gasteiger partial charge in [-0.1, -0.05) is 10.7 Å².